The summed E-state index contributed by atoms with van der Waals surface area (Å²) < 4.78 is 40.4. The first-order valence-electron chi connectivity index (χ1n) is 6.67. The zero-order valence-corrected chi connectivity index (χ0v) is 15.2. The molecule has 128 valence electrons. The molecule has 0 bridgehead atoms. The Kier molecular flexibility index (Phi) is 5.74. The number of benzene rings is 2. The van der Waals surface area contributed by atoms with Gasteiger partial charge in [-0.25, -0.2) is 12.8 Å². The lowest BCUT2D eigenvalue weighted by atomic mass is 10.3. The van der Waals surface area contributed by atoms with E-state index in [1.165, 1.54) is 11.0 Å². The van der Waals surface area contributed by atoms with Crippen LogP contribution in [0, 0.1) is 5.82 Å². The molecule has 0 fully saturated rings. The normalized spacial score (nSPS) is 11.2. The number of para-hydroxylation sites is 1. The largest absolute Gasteiger partial charge is 0.339 e. The predicted molar refractivity (Wildman–Crippen MR) is 93.6 cm³/mol. The Morgan fingerprint density at radius 2 is 1.88 bits per heavy atom. The standard InChI is InChI=1S/C15H14ClFN2O3S2/c1-19(2)15(20)23-13-6-4-3-5-12(13)18-24(21,22)14-8-7-10(17)9-11(14)16/h3-9,18H,1-2H3. The van der Waals surface area contributed by atoms with E-state index in [2.05, 4.69) is 4.72 Å². The number of halogens is 2. The van der Waals surface area contributed by atoms with Crippen LogP contribution in [-0.4, -0.2) is 32.7 Å². The molecule has 1 N–H and O–H groups in total. The maximum absolute atomic E-state index is 13.1. The van der Waals surface area contributed by atoms with Crippen molar-refractivity contribution in [3.05, 3.63) is 53.3 Å². The highest BCUT2D eigenvalue weighted by atomic mass is 35.5. The van der Waals surface area contributed by atoms with Crippen molar-refractivity contribution in [3.63, 3.8) is 0 Å². The fourth-order valence-corrected chi connectivity index (χ4v) is 4.14. The van der Waals surface area contributed by atoms with Gasteiger partial charge in [-0.3, -0.25) is 9.52 Å². The molecule has 5 nitrogen and oxygen atoms in total. The van der Waals surface area contributed by atoms with E-state index in [9.17, 15) is 17.6 Å². The fraction of sp³-hybridized carbons (Fsp3) is 0.133. The van der Waals surface area contributed by atoms with Crippen molar-refractivity contribution in [3.8, 4) is 0 Å². The van der Waals surface area contributed by atoms with Gasteiger partial charge in [0.1, 0.15) is 10.7 Å². The molecule has 0 unspecified atom stereocenters. The number of hydrogen-bond acceptors (Lipinski definition) is 4. The number of nitrogens with one attached hydrogen (secondary N) is 1. The van der Waals surface area contributed by atoms with Gasteiger partial charge < -0.3 is 4.90 Å². The molecule has 0 saturated carbocycles. The van der Waals surface area contributed by atoms with Gasteiger partial charge in [0, 0.05) is 19.0 Å². The highest BCUT2D eigenvalue weighted by Crippen LogP contribution is 2.31. The molecule has 1 amide bonds. The van der Waals surface area contributed by atoms with E-state index in [4.69, 9.17) is 11.6 Å². The summed E-state index contributed by atoms with van der Waals surface area (Å²) in [6, 6.07) is 9.49. The summed E-state index contributed by atoms with van der Waals surface area (Å²) in [6.07, 6.45) is 0. The van der Waals surface area contributed by atoms with Gasteiger partial charge in [0.15, 0.2) is 0 Å². The van der Waals surface area contributed by atoms with Crippen molar-refractivity contribution < 1.29 is 17.6 Å². The first kappa shape index (κ1) is 18.6. The molecular weight excluding hydrogens is 375 g/mol. The molecule has 0 aliphatic heterocycles. The van der Waals surface area contributed by atoms with Gasteiger partial charge >= 0.3 is 0 Å². The minimum absolute atomic E-state index is 0.225. The van der Waals surface area contributed by atoms with Crippen LogP contribution in [0.2, 0.25) is 5.02 Å². The second kappa shape index (κ2) is 7.42. The molecule has 0 spiro atoms. The van der Waals surface area contributed by atoms with Crippen LogP contribution in [0.1, 0.15) is 0 Å². The van der Waals surface area contributed by atoms with Crippen LogP contribution in [0.25, 0.3) is 0 Å². The number of rotatable bonds is 4. The van der Waals surface area contributed by atoms with Gasteiger partial charge in [0.25, 0.3) is 15.3 Å². The minimum atomic E-state index is -4.03. The van der Waals surface area contributed by atoms with Crippen LogP contribution in [0.4, 0.5) is 14.9 Å². The third kappa shape index (κ3) is 4.40. The first-order valence-corrected chi connectivity index (χ1v) is 9.34. The van der Waals surface area contributed by atoms with Crippen molar-refractivity contribution in [1.29, 1.82) is 0 Å². The number of thioether (sulfide) groups is 1. The quantitative estimate of drug-likeness (QED) is 0.802. The molecular formula is C15H14ClFN2O3S2. The van der Waals surface area contributed by atoms with Gasteiger partial charge in [0.05, 0.1) is 10.7 Å². The van der Waals surface area contributed by atoms with Crippen LogP contribution in [0.15, 0.2) is 52.3 Å². The number of amides is 1. The van der Waals surface area contributed by atoms with Crippen molar-refractivity contribution >= 4 is 44.3 Å². The average Bonchev–Trinajstić information content (AvgIpc) is 2.48. The number of sulfonamides is 1. The highest BCUT2D eigenvalue weighted by Gasteiger charge is 2.20. The number of nitrogens with zero attached hydrogens (tertiary/aromatic N) is 1. The second-order valence-corrected chi connectivity index (χ2v) is 7.99. The van der Waals surface area contributed by atoms with Crippen LogP contribution in [0.3, 0.4) is 0 Å². The molecule has 2 rings (SSSR count). The lowest BCUT2D eigenvalue weighted by Gasteiger charge is -2.14. The van der Waals surface area contributed by atoms with Gasteiger partial charge in [-0.15, -0.1) is 0 Å². The van der Waals surface area contributed by atoms with Crippen LogP contribution in [-0.2, 0) is 10.0 Å². The number of anilines is 1. The van der Waals surface area contributed by atoms with Gasteiger partial charge in [-0.05, 0) is 42.1 Å². The maximum atomic E-state index is 13.1. The zero-order chi connectivity index (χ0) is 17.9. The van der Waals surface area contributed by atoms with E-state index in [1.807, 2.05) is 0 Å². The van der Waals surface area contributed by atoms with Crippen molar-refractivity contribution in [2.75, 3.05) is 18.8 Å². The summed E-state index contributed by atoms with van der Waals surface area (Å²) in [7, 11) is -0.831. The average molecular weight is 389 g/mol. The van der Waals surface area contributed by atoms with Gasteiger partial charge in [-0.2, -0.15) is 0 Å². The lowest BCUT2D eigenvalue weighted by molar-refractivity contribution is 0.241. The van der Waals surface area contributed by atoms with Crippen molar-refractivity contribution in [1.82, 2.24) is 4.90 Å². The molecule has 0 aliphatic rings. The Balaban J connectivity index is 2.35. The van der Waals surface area contributed by atoms with Crippen molar-refractivity contribution in [2.24, 2.45) is 0 Å². The molecule has 0 radical (unpaired) electrons. The fourth-order valence-electron chi connectivity index (χ4n) is 1.72. The highest BCUT2D eigenvalue weighted by molar-refractivity contribution is 8.13. The van der Waals surface area contributed by atoms with E-state index in [0.29, 0.717) is 4.90 Å². The number of hydrogen-bond donors (Lipinski definition) is 1. The Morgan fingerprint density at radius 3 is 2.50 bits per heavy atom. The lowest BCUT2D eigenvalue weighted by Crippen LogP contribution is -2.17. The van der Waals surface area contributed by atoms with Crippen molar-refractivity contribution in [2.45, 2.75) is 9.79 Å². The number of carbonyl (C=O) groups excluding carboxylic acids is 1. The van der Waals surface area contributed by atoms with Crippen LogP contribution >= 0.6 is 23.4 Å². The summed E-state index contributed by atoms with van der Waals surface area (Å²) in [5.74, 6) is -0.633. The maximum Gasteiger partial charge on any atom is 0.286 e. The second-order valence-electron chi connectivity index (χ2n) is 4.94. The first-order chi connectivity index (χ1) is 11.2. The molecule has 0 atom stereocenters. The van der Waals surface area contributed by atoms with Gasteiger partial charge in [0.2, 0.25) is 0 Å². The van der Waals surface area contributed by atoms with E-state index >= 15 is 0 Å². The minimum Gasteiger partial charge on any atom is -0.339 e. The smallest absolute Gasteiger partial charge is 0.286 e. The van der Waals surface area contributed by atoms with Crippen LogP contribution < -0.4 is 4.72 Å². The van der Waals surface area contributed by atoms with Crippen LogP contribution in [0.5, 0.6) is 0 Å². The monoisotopic (exact) mass is 388 g/mol. The summed E-state index contributed by atoms with van der Waals surface area (Å²) in [5.41, 5.74) is 0.234. The Morgan fingerprint density at radius 1 is 1.21 bits per heavy atom. The zero-order valence-electron chi connectivity index (χ0n) is 12.8. The molecule has 0 saturated heterocycles. The number of carbonyl (C=O) groups is 1. The molecule has 2 aromatic carbocycles. The Hall–Kier alpha value is -1.77. The molecule has 0 heterocycles. The topological polar surface area (TPSA) is 66.5 Å². The van der Waals surface area contributed by atoms with E-state index in [-0.39, 0.29) is 20.8 Å². The Bertz CT molecular complexity index is 873. The molecule has 0 aromatic heterocycles. The summed E-state index contributed by atoms with van der Waals surface area (Å²) >= 11 is 6.71. The molecule has 2 aromatic rings. The SMILES string of the molecule is CN(C)C(=O)Sc1ccccc1NS(=O)(=O)c1ccc(F)cc1Cl. The summed E-state index contributed by atoms with van der Waals surface area (Å²) in [6.45, 7) is 0. The molecule has 0 aliphatic carbocycles. The Labute approximate surface area is 148 Å². The predicted octanol–water partition coefficient (Wildman–Crippen LogP) is 4.05. The molecule has 24 heavy (non-hydrogen) atoms. The summed E-state index contributed by atoms with van der Waals surface area (Å²) in [5, 5.41) is -0.474. The van der Waals surface area contributed by atoms with E-state index in [1.54, 1.807) is 32.3 Å². The van der Waals surface area contributed by atoms with E-state index in [0.717, 1.165) is 30.0 Å². The van der Waals surface area contributed by atoms with Gasteiger partial charge in [-0.1, -0.05) is 23.7 Å². The third-order valence-electron chi connectivity index (χ3n) is 2.88. The van der Waals surface area contributed by atoms with E-state index < -0.39 is 15.8 Å². The molecule has 9 heteroatoms. The summed E-state index contributed by atoms with van der Waals surface area (Å²) in [4.78, 5) is 13.4. The third-order valence-corrected chi connectivity index (χ3v) is 5.84.